The normalized spacial score (nSPS) is 16.9. The highest BCUT2D eigenvalue weighted by atomic mass is 19.4. The van der Waals surface area contributed by atoms with Crippen molar-refractivity contribution in [2.24, 2.45) is 0 Å². The lowest BCUT2D eigenvalue weighted by Crippen LogP contribution is -2.36. The van der Waals surface area contributed by atoms with Crippen LogP contribution in [-0.4, -0.2) is 33.7 Å². The van der Waals surface area contributed by atoms with E-state index in [0.717, 1.165) is 22.6 Å². The molecule has 1 aromatic heterocycles. The predicted molar refractivity (Wildman–Crippen MR) is 113 cm³/mol. The van der Waals surface area contributed by atoms with Crippen LogP contribution in [0.5, 0.6) is 5.75 Å². The summed E-state index contributed by atoms with van der Waals surface area (Å²) in [6, 6.07) is 13.4. The summed E-state index contributed by atoms with van der Waals surface area (Å²) in [7, 11) is 0. The van der Waals surface area contributed by atoms with Gasteiger partial charge in [-0.2, -0.15) is 0 Å². The molecule has 0 atom stereocenters. The topological polar surface area (TPSA) is 62.7 Å². The molecule has 2 heterocycles. The molecule has 2 aromatic carbocycles. The maximum atomic E-state index is 13.2. The fourth-order valence-corrected chi connectivity index (χ4v) is 4.09. The van der Waals surface area contributed by atoms with Gasteiger partial charge in [0.15, 0.2) is 0 Å². The molecule has 1 saturated heterocycles. The minimum absolute atomic E-state index is 0.146. The molecule has 1 aliphatic heterocycles. The standard InChI is InChI=1S/C24H17F4N3O3/c25-17-3-1-16(2-4-17)20-13-15(9-12-29-20)14-30-22(33)31(21(32)23(30)10-11-23)18-5-7-19(8-6-18)34-24(26,27)28/h1-9,12-13H,10-11,14H2. The lowest BCUT2D eigenvalue weighted by atomic mass is 10.1. The first-order valence-corrected chi connectivity index (χ1v) is 10.4. The Morgan fingerprint density at radius 2 is 1.65 bits per heavy atom. The van der Waals surface area contributed by atoms with E-state index in [-0.39, 0.29) is 18.0 Å². The number of carbonyl (C=O) groups is 2. The van der Waals surface area contributed by atoms with E-state index in [9.17, 15) is 27.2 Å². The summed E-state index contributed by atoms with van der Waals surface area (Å²) >= 11 is 0. The first kappa shape index (κ1) is 21.9. The van der Waals surface area contributed by atoms with Crippen LogP contribution in [0.3, 0.4) is 0 Å². The molecule has 1 aliphatic carbocycles. The number of benzene rings is 2. The Balaban J connectivity index is 1.39. The van der Waals surface area contributed by atoms with Gasteiger partial charge in [-0.25, -0.2) is 14.1 Å². The number of pyridine rings is 1. The lowest BCUT2D eigenvalue weighted by Gasteiger charge is -2.21. The summed E-state index contributed by atoms with van der Waals surface area (Å²) in [6.45, 7) is 0.146. The Hall–Kier alpha value is -3.95. The van der Waals surface area contributed by atoms with E-state index in [2.05, 4.69) is 9.72 Å². The van der Waals surface area contributed by atoms with Gasteiger partial charge in [0.2, 0.25) is 0 Å². The number of imide groups is 1. The van der Waals surface area contributed by atoms with Crippen LogP contribution in [0.25, 0.3) is 11.3 Å². The van der Waals surface area contributed by atoms with E-state index in [4.69, 9.17) is 0 Å². The smallest absolute Gasteiger partial charge is 0.406 e. The second-order valence-corrected chi connectivity index (χ2v) is 8.14. The van der Waals surface area contributed by atoms with E-state index < -0.39 is 29.6 Å². The number of hydrogen-bond acceptors (Lipinski definition) is 4. The Bertz CT molecular complexity index is 1260. The van der Waals surface area contributed by atoms with E-state index in [1.165, 1.54) is 29.2 Å². The number of halogens is 4. The summed E-state index contributed by atoms with van der Waals surface area (Å²) in [5.41, 5.74) is 1.24. The molecule has 0 radical (unpaired) electrons. The highest BCUT2D eigenvalue weighted by Gasteiger charge is 2.65. The number of anilines is 1. The van der Waals surface area contributed by atoms with Crippen molar-refractivity contribution >= 4 is 17.6 Å². The number of ether oxygens (including phenoxy) is 1. The van der Waals surface area contributed by atoms with Gasteiger partial charge in [-0.15, -0.1) is 13.2 Å². The molecule has 3 amide bonds. The van der Waals surface area contributed by atoms with Gasteiger partial charge in [0.1, 0.15) is 17.1 Å². The van der Waals surface area contributed by atoms with Gasteiger partial charge in [0, 0.05) is 18.3 Å². The number of carbonyl (C=O) groups excluding carboxylic acids is 2. The van der Waals surface area contributed by atoms with Crippen LogP contribution in [0.1, 0.15) is 18.4 Å². The van der Waals surface area contributed by atoms with Gasteiger partial charge in [-0.1, -0.05) is 0 Å². The van der Waals surface area contributed by atoms with Crippen molar-refractivity contribution in [1.82, 2.24) is 9.88 Å². The fraction of sp³-hybridized carbons (Fsp3) is 0.208. The average molecular weight is 471 g/mol. The summed E-state index contributed by atoms with van der Waals surface area (Å²) < 4.78 is 54.4. The third kappa shape index (κ3) is 3.95. The van der Waals surface area contributed by atoms with Gasteiger partial charge in [0.25, 0.3) is 5.91 Å². The molecule has 1 saturated carbocycles. The summed E-state index contributed by atoms with van der Waals surface area (Å²) in [5, 5.41) is 0. The summed E-state index contributed by atoms with van der Waals surface area (Å²) in [6.07, 6.45) is -2.27. The fourth-order valence-electron chi connectivity index (χ4n) is 4.09. The Kier molecular flexibility index (Phi) is 5.03. The number of aromatic nitrogens is 1. The number of nitrogens with zero attached hydrogens (tertiary/aromatic N) is 3. The van der Waals surface area contributed by atoms with Crippen LogP contribution < -0.4 is 9.64 Å². The highest BCUT2D eigenvalue weighted by molar-refractivity contribution is 6.24. The molecule has 0 unspecified atom stereocenters. The van der Waals surface area contributed by atoms with Crippen molar-refractivity contribution in [3.05, 3.63) is 78.2 Å². The zero-order valence-corrected chi connectivity index (χ0v) is 17.6. The molecule has 0 bridgehead atoms. The Morgan fingerprint density at radius 3 is 2.26 bits per heavy atom. The van der Waals surface area contributed by atoms with E-state index in [1.807, 2.05) is 0 Å². The largest absolute Gasteiger partial charge is 0.573 e. The molecule has 0 N–H and O–H groups in total. The molecule has 174 valence electrons. The average Bonchev–Trinajstić information content (AvgIpc) is 3.57. The molecule has 5 rings (SSSR count). The molecule has 2 fully saturated rings. The van der Waals surface area contributed by atoms with Crippen molar-refractivity contribution in [3.8, 4) is 17.0 Å². The molecule has 1 spiro atoms. The maximum Gasteiger partial charge on any atom is 0.573 e. The van der Waals surface area contributed by atoms with Crippen LogP contribution in [0, 0.1) is 5.82 Å². The lowest BCUT2D eigenvalue weighted by molar-refractivity contribution is -0.274. The molecule has 34 heavy (non-hydrogen) atoms. The number of hydrogen-bond donors (Lipinski definition) is 0. The number of alkyl halides is 3. The minimum Gasteiger partial charge on any atom is -0.406 e. The molecular weight excluding hydrogens is 454 g/mol. The minimum atomic E-state index is -4.84. The third-order valence-corrected chi connectivity index (χ3v) is 5.90. The van der Waals surface area contributed by atoms with Crippen LogP contribution in [0.2, 0.25) is 0 Å². The van der Waals surface area contributed by atoms with Gasteiger partial charge in [-0.05, 0) is 79.1 Å². The SMILES string of the molecule is O=C1N(c2ccc(OC(F)(F)F)cc2)C(=O)C2(CC2)N1Cc1ccnc(-c2ccc(F)cc2)c1. The van der Waals surface area contributed by atoms with Gasteiger partial charge >= 0.3 is 12.4 Å². The van der Waals surface area contributed by atoms with Gasteiger partial charge in [0.05, 0.1) is 11.4 Å². The van der Waals surface area contributed by atoms with Crippen molar-refractivity contribution < 1.29 is 31.9 Å². The highest BCUT2D eigenvalue weighted by Crippen LogP contribution is 2.49. The van der Waals surface area contributed by atoms with Crippen LogP contribution in [0.15, 0.2) is 66.9 Å². The first-order valence-electron chi connectivity index (χ1n) is 10.4. The molecule has 2 aliphatic rings. The van der Waals surface area contributed by atoms with Gasteiger partial charge < -0.3 is 9.64 Å². The zero-order chi connectivity index (χ0) is 24.1. The van der Waals surface area contributed by atoms with Crippen molar-refractivity contribution in [2.75, 3.05) is 4.90 Å². The molecular formula is C24H17F4N3O3. The quantitative estimate of drug-likeness (QED) is 0.375. The van der Waals surface area contributed by atoms with Crippen molar-refractivity contribution in [3.63, 3.8) is 0 Å². The second kappa shape index (κ2) is 7.82. The van der Waals surface area contributed by atoms with E-state index in [1.54, 1.807) is 30.5 Å². The third-order valence-electron chi connectivity index (χ3n) is 5.90. The Labute approximate surface area is 191 Å². The monoisotopic (exact) mass is 471 g/mol. The number of amides is 3. The van der Waals surface area contributed by atoms with Crippen molar-refractivity contribution in [1.29, 1.82) is 0 Å². The summed E-state index contributed by atoms with van der Waals surface area (Å²) in [4.78, 5) is 33.2. The Morgan fingerprint density at radius 1 is 0.971 bits per heavy atom. The zero-order valence-electron chi connectivity index (χ0n) is 17.6. The number of urea groups is 1. The van der Waals surface area contributed by atoms with Crippen molar-refractivity contribution in [2.45, 2.75) is 31.3 Å². The maximum absolute atomic E-state index is 13.2. The van der Waals surface area contributed by atoms with E-state index >= 15 is 0 Å². The van der Waals surface area contributed by atoms with Crippen LogP contribution in [0.4, 0.5) is 28.0 Å². The first-order chi connectivity index (χ1) is 16.2. The van der Waals surface area contributed by atoms with E-state index in [0.29, 0.717) is 24.1 Å². The predicted octanol–water partition coefficient (Wildman–Crippen LogP) is 5.29. The molecule has 6 nitrogen and oxygen atoms in total. The van der Waals surface area contributed by atoms with Crippen LogP contribution >= 0.6 is 0 Å². The summed E-state index contributed by atoms with van der Waals surface area (Å²) in [5.74, 6) is -1.22. The molecule has 10 heteroatoms. The molecule has 3 aromatic rings. The number of rotatable bonds is 5. The van der Waals surface area contributed by atoms with Gasteiger partial charge in [-0.3, -0.25) is 9.78 Å². The van der Waals surface area contributed by atoms with Crippen LogP contribution in [-0.2, 0) is 11.3 Å². The second-order valence-electron chi connectivity index (χ2n) is 8.14.